The van der Waals surface area contributed by atoms with E-state index in [2.05, 4.69) is 0 Å². The molecule has 0 aromatic carbocycles. The number of alkyl halides is 4. The largest absolute Gasteiger partial charge is 0.223 e. The normalized spacial score (nSPS) is 14.0. The third-order valence-corrected chi connectivity index (χ3v) is 7.60. The second-order valence-corrected chi connectivity index (χ2v) is 10.3. The van der Waals surface area contributed by atoms with Gasteiger partial charge in [-0.15, -0.1) is 0 Å². The summed E-state index contributed by atoms with van der Waals surface area (Å²) in [5.74, 6) is 0. The SMILES string of the molecule is CCCCC(Cl)(Cl)S(=O)(=O)C(Cl)(Cl)CCCC. The first kappa shape index (κ1) is 18.1. The monoisotopic (exact) mass is 342 g/mol. The molecule has 0 bridgehead atoms. The van der Waals surface area contributed by atoms with Crippen LogP contribution >= 0.6 is 46.4 Å². The van der Waals surface area contributed by atoms with Crippen LogP contribution in [0.4, 0.5) is 0 Å². The maximum Gasteiger partial charge on any atom is 0.220 e. The van der Waals surface area contributed by atoms with Gasteiger partial charge in [-0.2, -0.15) is 0 Å². The number of unbranched alkanes of at least 4 members (excludes halogenated alkanes) is 2. The van der Waals surface area contributed by atoms with Crippen molar-refractivity contribution in [3.05, 3.63) is 0 Å². The summed E-state index contributed by atoms with van der Waals surface area (Å²) >= 11 is 23.5. The molecule has 0 spiro atoms. The van der Waals surface area contributed by atoms with Crippen molar-refractivity contribution in [1.29, 1.82) is 0 Å². The summed E-state index contributed by atoms with van der Waals surface area (Å²) in [5.41, 5.74) is 0. The summed E-state index contributed by atoms with van der Waals surface area (Å²) in [6.45, 7) is 3.84. The molecule has 0 aromatic rings. The van der Waals surface area contributed by atoms with Gasteiger partial charge in [-0.25, -0.2) is 8.42 Å². The van der Waals surface area contributed by atoms with Crippen molar-refractivity contribution >= 4 is 56.2 Å². The fourth-order valence-corrected chi connectivity index (χ4v) is 5.10. The van der Waals surface area contributed by atoms with E-state index in [9.17, 15) is 8.42 Å². The lowest BCUT2D eigenvalue weighted by Gasteiger charge is -2.28. The Labute approximate surface area is 124 Å². The molecule has 7 heteroatoms. The maximum absolute atomic E-state index is 12.2. The second kappa shape index (κ2) is 7.04. The lowest BCUT2D eigenvalue weighted by atomic mass is 10.3. The van der Waals surface area contributed by atoms with E-state index < -0.39 is 17.2 Å². The van der Waals surface area contributed by atoms with Gasteiger partial charge in [0, 0.05) is 0 Å². The Morgan fingerprint density at radius 2 is 1.12 bits per heavy atom. The first-order chi connectivity index (χ1) is 7.62. The minimum absolute atomic E-state index is 0.127. The maximum atomic E-state index is 12.2. The molecule has 0 amide bonds. The van der Waals surface area contributed by atoms with Crippen molar-refractivity contribution in [3.63, 3.8) is 0 Å². The molecule has 0 saturated heterocycles. The van der Waals surface area contributed by atoms with E-state index in [4.69, 9.17) is 46.4 Å². The summed E-state index contributed by atoms with van der Waals surface area (Å²) in [5, 5.41) is 0. The predicted octanol–water partition coefficient (Wildman–Crippen LogP) is 5.04. The van der Waals surface area contributed by atoms with E-state index in [1.54, 1.807) is 0 Å². The van der Waals surface area contributed by atoms with Crippen molar-refractivity contribution in [1.82, 2.24) is 0 Å². The van der Waals surface area contributed by atoms with Crippen LogP contribution in [0.15, 0.2) is 0 Å². The Hall–Kier alpha value is 1.11. The van der Waals surface area contributed by atoms with Gasteiger partial charge >= 0.3 is 0 Å². The van der Waals surface area contributed by atoms with Crippen LogP contribution < -0.4 is 0 Å². The third-order valence-electron chi connectivity index (χ3n) is 2.43. The van der Waals surface area contributed by atoms with E-state index in [0.29, 0.717) is 12.8 Å². The third kappa shape index (κ3) is 4.61. The zero-order valence-electron chi connectivity index (χ0n) is 9.98. The molecule has 0 aliphatic carbocycles. The number of halogens is 4. The highest BCUT2D eigenvalue weighted by atomic mass is 35.5. The topological polar surface area (TPSA) is 34.1 Å². The highest BCUT2D eigenvalue weighted by Gasteiger charge is 2.52. The van der Waals surface area contributed by atoms with Gasteiger partial charge < -0.3 is 0 Å². The smallest absolute Gasteiger partial charge is 0.220 e. The van der Waals surface area contributed by atoms with Gasteiger partial charge in [0.1, 0.15) is 0 Å². The molecule has 0 heterocycles. The molecule has 0 aliphatic rings. The summed E-state index contributed by atoms with van der Waals surface area (Å²) in [6.07, 6.45) is 3.05. The zero-order chi connectivity index (χ0) is 13.7. The van der Waals surface area contributed by atoms with E-state index in [0.717, 1.165) is 12.8 Å². The average Bonchev–Trinajstić information content (AvgIpc) is 2.23. The molecular formula is C10H18Cl4O2S. The predicted molar refractivity (Wildman–Crippen MR) is 76.8 cm³/mol. The van der Waals surface area contributed by atoms with Gasteiger partial charge in [0.05, 0.1) is 0 Å². The molecule has 17 heavy (non-hydrogen) atoms. The summed E-state index contributed by atoms with van der Waals surface area (Å²) < 4.78 is 20.5. The molecular weight excluding hydrogens is 326 g/mol. The van der Waals surface area contributed by atoms with Gasteiger partial charge in [-0.3, -0.25) is 0 Å². The molecule has 0 N–H and O–H groups in total. The van der Waals surface area contributed by atoms with Crippen LogP contribution in [0.1, 0.15) is 52.4 Å². The van der Waals surface area contributed by atoms with E-state index in [1.165, 1.54) is 0 Å². The van der Waals surface area contributed by atoms with Gasteiger partial charge in [0.2, 0.25) is 17.2 Å². The van der Waals surface area contributed by atoms with Crippen molar-refractivity contribution in [3.8, 4) is 0 Å². The first-order valence-electron chi connectivity index (χ1n) is 5.62. The van der Waals surface area contributed by atoms with Crippen molar-refractivity contribution in [2.24, 2.45) is 0 Å². The minimum atomic E-state index is -4.02. The second-order valence-electron chi connectivity index (χ2n) is 3.99. The van der Waals surface area contributed by atoms with Crippen LogP contribution in [-0.2, 0) is 9.84 Å². The van der Waals surface area contributed by atoms with Gasteiger partial charge in [-0.1, -0.05) is 73.1 Å². The molecule has 0 fully saturated rings. The van der Waals surface area contributed by atoms with Crippen LogP contribution in [0.2, 0.25) is 0 Å². The van der Waals surface area contributed by atoms with Crippen LogP contribution in [0.5, 0.6) is 0 Å². The number of hydrogen-bond acceptors (Lipinski definition) is 2. The number of sulfone groups is 1. The summed E-state index contributed by atoms with van der Waals surface area (Å²) in [6, 6.07) is 0. The lowest BCUT2D eigenvalue weighted by Crippen LogP contribution is -2.39. The Kier molecular flexibility index (Phi) is 7.50. The molecule has 0 aromatic heterocycles. The van der Waals surface area contributed by atoms with Crippen molar-refractivity contribution in [2.75, 3.05) is 0 Å². The number of hydrogen-bond donors (Lipinski definition) is 0. The van der Waals surface area contributed by atoms with Gasteiger partial charge in [0.25, 0.3) is 0 Å². The Morgan fingerprint density at radius 3 is 1.35 bits per heavy atom. The molecule has 0 saturated carbocycles. The van der Waals surface area contributed by atoms with E-state index >= 15 is 0 Å². The Morgan fingerprint density at radius 1 is 0.824 bits per heavy atom. The van der Waals surface area contributed by atoms with Gasteiger partial charge in [-0.05, 0) is 25.7 Å². The molecule has 0 atom stereocenters. The molecule has 0 radical (unpaired) electrons. The van der Waals surface area contributed by atoms with Crippen LogP contribution in [-0.4, -0.2) is 15.7 Å². The van der Waals surface area contributed by atoms with Crippen LogP contribution in [0.25, 0.3) is 0 Å². The lowest BCUT2D eigenvalue weighted by molar-refractivity contribution is 0.562. The van der Waals surface area contributed by atoms with E-state index in [1.807, 2.05) is 13.8 Å². The van der Waals surface area contributed by atoms with Gasteiger partial charge in [0.15, 0.2) is 0 Å². The standard InChI is InChI=1S/C10H18Cl4O2S/c1-3-5-7-9(11,12)17(15,16)10(13,14)8-6-4-2/h3-8H2,1-2H3. The Bertz CT molecular complexity index is 299. The highest BCUT2D eigenvalue weighted by Crippen LogP contribution is 2.46. The first-order valence-corrected chi connectivity index (χ1v) is 8.61. The molecule has 2 nitrogen and oxygen atoms in total. The average molecular weight is 344 g/mol. The fourth-order valence-electron chi connectivity index (χ4n) is 1.25. The van der Waals surface area contributed by atoms with Crippen LogP contribution in [0, 0.1) is 0 Å². The number of rotatable bonds is 8. The molecule has 104 valence electrons. The fraction of sp³-hybridized carbons (Fsp3) is 1.00. The quantitative estimate of drug-likeness (QED) is 0.578. The minimum Gasteiger partial charge on any atom is -0.223 e. The molecule has 0 aliphatic heterocycles. The van der Waals surface area contributed by atoms with Crippen molar-refractivity contribution < 1.29 is 8.42 Å². The molecule has 0 unspecified atom stereocenters. The highest BCUT2D eigenvalue weighted by molar-refractivity contribution is 7.99. The summed E-state index contributed by atoms with van der Waals surface area (Å²) in [7, 11) is -4.02. The van der Waals surface area contributed by atoms with Crippen molar-refractivity contribution in [2.45, 2.75) is 59.7 Å². The molecule has 0 rings (SSSR count). The Balaban J connectivity index is 4.97. The van der Waals surface area contributed by atoms with E-state index in [-0.39, 0.29) is 12.8 Å². The summed E-state index contributed by atoms with van der Waals surface area (Å²) in [4.78, 5) is 0. The zero-order valence-corrected chi connectivity index (χ0v) is 13.8. The van der Waals surface area contributed by atoms with Crippen LogP contribution in [0.3, 0.4) is 0 Å².